The summed E-state index contributed by atoms with van der Waals surface area (Å²) in [7, 11) is 0. The molecule has 20 heavy (non-hydrogen) atoms. The molecule has 0 aromatic heterocycles. The van der Waals surface area contributed by atoms with Gasteiger partial charge < -0.3 is 10.0 Å². The molecule has 1 heterocycles. The third-order valence-electron chi connectivity index (χ3n) is 6.59. The van der Waals surface area contributed by atoms with E-state index in [2.05, 4.69) is 6.92 Å². The van der Waals surface area contributed by atoms with Crippen LogP contribution in [0.4, 0.5) is 0 Å². The van der Waals surface area contributed by atoms with Gasteiger partial charge in [0.25, 0.3) is 0 Å². The summed E-state index contributed by atoms with van der Waals surface area (Å²) in [5.74, 6) is 3.31. The molecule has 1 amide bonds. The van der Waals surface area contributed by atoms with E-state index in [0.717, 1.165) is 24.3 Å². The molecule has 5 aliphatic rings. The molecule has 0 radical (unpaired) electrons. The maximum absolute atomic E-state index is 12.0. The second-order valence-electron chi connectivity index (χ2n) is 8.40. The monoisotopic (exact) mass is 277 g/mol. The van der Waals surface area contributed by atoms with Crippen molar-refractivity contribution in [2.75, 3.05) is 13.1 Å². The molecule has 2 atom stereocenters. The smallest absolute Gasteiger partial charge is 0.223 e. The van der Waals surface area contributed by atoms with Gasteiger partial charge in [0, 0.05) is 19.5 Å². The summed E-state index contributed by atoms with van der Waals surface area (Å²) in [6.45, 7) is 3.58. The van der Waals surface area contributed by atoms with Crippen LogP contribution < -0.4 is 0 Å². The first-order chi connectivity index (χ1) is 9.54. The maximum atomic E-state index is 12.0. The van der Waals surface area contributed by atoms with Crippen LogP contribution in [0.5, 0.6) is 0 Å². The lowest BCUT2D eigenvalue weighted by Gasteiger charge is -2.58. The quantitative estimate of drug-likeness (QED) is 0.860. The Hall–Kier alpha value is -0.570. The van der Waals surface area contributed by atoms with Crippen LogP contribution in [-0.2, 0) is 4.79 Å². The van der Waals surface area contributed by atoms with E-state index in [1.165, 1.54) is 38.5 Å². The van der Waals surface area contributed by atoms with Gasteiger partial charge in [-0.1, -0.05) is 6.92 Å². The number of likely N-dealkylation sites (tertiary alicyclic amines) is 1. The number of carbonyl (C=O) groups excluding carboxylic acids is 1. The summed E-state index contributed by atoms with van der Waals surface area (Å²) >= 11 is 0. The highest BCUT2D eigenvalue weighted by Gasteiger charge is 2.54. The van der Waals surface area contributed by atoms with Crippen LogP contribution in [0, 0.1) is 29.1 Å². The Morgan fingerprint density at radius 3 is 2.20 bits per heavy atom. The van der Waals surface area contributed by atoms with Gasteiger partial charge in [-0.2, -0.15) is 0 Å². The molecule has 4 saturated carbocycles. The van der Waals surface area contributed by atoms with E-state index in [9.17, 15) is 9.90 Å². The van der Waals surface area contributed by atoms with E-state index in [1.807, 2.05) is 4.90 Å². The van der Waals surface area contributed by atoms with Gasteiger partial charge in [-0.15, -0.1) is 0 Å². The van der Waals surface area contributed by atoms with E-state index < -0.39 is 0 Å². The Labute approximate surface area is 121 Å². The van der Waals surface area contributed by atoms with Crippen molar-refractivity contribution < 1.29 is 9.90 Å². The summed E-state index contributed by atoms with van der Waals surface area (Å²) in [6, 6.07) is 0. The van der Waals surface area contributed by atoms with Gasteiger partial charge in [-0.25, -0.2) is 0 Å². The van der Waals surface area contributed by atoms with E-state index in [4.69, 9.17) is 0 Å². The molecule has 0 aromatic carbocycles. The van der Waals surface area contributed by atoms with E-state index in [-0.39, 0.29) is 17.4 Å². The number of β-amino-alcohol motifs (C(OH)–C–C–N with tert-alkyl or cyclic N) is 1. The fourth-order valence-electron chi connectivity index (χ4n) is 6.13. The van der Waals surface area contributed by atoms with Crippen LogP contribution in [0.25, 0.3) is 0 Å². The van der Waals surface area contributed by atoms with Crippen molar-refractivity contribution in [1.29, 1.82) is 0 Å². The molecule has 3 nitrogen and oxygen atoms in total. The van der Waals surface area contributed by atoms with Crippen molar-refractivity contribution in [3.8, 4) is 0 Å². The van der Waals surface area contributed by atoms with Crippen molar-refractivity contribution in [2.45, 2.75) is 58.0 Å². The minimum atomic E-state index is -0.287. The zero-order valence-corrected chi connectivity index (χ0v) is 12.6. The number of carbonyl (C=O) groups is 1. The van der Waals surface area contributed by atoms with Crippen molar-refractivity contribution in [1.82, 2.24) is 4.90 Å². The van der Waals surface area contributed by atoms with Crippen LogP contribution in [0.3, 0.4) is 0 Å². The number of aliphatic hydroxyl groups excluding tert-OH is 1. The molecule has 4 bridgehead atoms. The topological polar surface area (TPSA) is 40.5 Å². The number of hydrogen-bond donors (Lipinski definition) is 1. The molecule has 5 fully saturated rings. The Bertz CT molecular complexity index is 384. The minimum absolute atomic E-state index is 0.154. The summed E-state index contributed by atoms with van der Waals surface area (Å²) in [5.41, 5.74) is 0.154. The second-order valence-corrected chi connectivity index (χ2v) is 8.40. The first kappa shape index (κ1) is 13.1. The molecule has 1 saturated heterocycles. The summed E-state index contributed by atoms with van der Waals surface area (Å²) < 4.78 is 0. The summed E-state index contributed by atoms with van der Waals surface area (Å²) in [5, 5.41) is 10.9. The maximum Gasteiger partial charge on any atom is 0.223 e. The first-order valence-corrected chi connectivity index (χ1v) is 8.50. The van der Waals surface area contributed by atoms with E-state index in [1.54, 1.807) is 0 Å². The number of nitrogens with zero attached hydrogens (tertiary/aromatic N) is 1. The molecule has 1 aliphatic heterocycles. The highest BCUT2D eigenvalue weighted by atomic mass is 16.3. The highest BCUT2D eigenvalue weighted by Crippen LogP contribution is 2.61. The van der Waals surface area contributed by atoms with Crippen molar-refractivity contribution in [3.05, 3.63) is 0 Å². The molecular weight excluding hydrogens is 250 g/mol. The number of hydrogen-bond acceptors (Lipinski definition) is 2. The van der Waals surface area contributed by atoms with Crippen molar-refractivity contribution in [2.24, 2.45) is 29.1 Å². The van der Waals surface area contributed by atoms with Gasteiger partial charge in [-0.3, -0.25) is 4.79 Å². The molecule has 2 unspecified atom stereocenters. The lowest BCUT2D eigenvalue weighted by Crippen LogP contribution is -2.54. The molecule has 5 rings (SSSR count). The van der Waals surface area contributed by atoms with Crippen LogP contribution in [0.1, 0.15) is 51.9 Å². The van der Waals surface area contributed by atoms with Gasteiger partial charge in [-0.05, 0) is 67.6 Å². The Kier molecular flexibility index (Phi) is 2.93. The summed E-state index contributed by atoms with van der Waals surface area (Å²) in [6.07, 6.45) is 8.27. The predicted molar refractivity (Wildman–Crippen MR) is 77.0 cm³/mol. The lowest BCUT2D eigenvalue weighted by molar-refractivity contribution is -0.140. The van der Waals surface area contributed by atoms with Crippen LogP contribution in [0.15, 0.2) is 0 Å². The zero-order valence-electron chi connectivity index (χ0n) is 12.6. The normalized spacial score (nSPS) is 48.1. The Balaban J connectivity index is 1.48. The third-order valence-corrected chi connectivity index (χ3v) is 6.59. The third kappa shape index (κ3) is 2.01. The Morgan fingerprint density at radius 1 is 1.20 bits per heavy atom. The van der Waals surface area contributed by atoms with E-state index >= 15 is 0 Å². The van der Waals surface area contributed by atoms with Gasteiger partial charge in [0.2, 0.25) is 5.91 Å². The van der Waals surface area contributed by atoms with Gasteiger partial charge >= 0.3 is 0 Å². The number of aliphatic hydroxyl groups is 1. The summed E-state index contributed by atoms with van der Waals surface area (Å²) in [4.78, 5) is 13.9. The van der Waals surface area contributed by atoms with Gasteiger partial charge in [0.1, 0.15) is 0 Å². The van der Waals surface area contributed by atoms with Crippen molar-refractivity contribution in [3.63, 3.8) is 0 Å². The fraction of sp³-hybridized carbons (Fsp3) is 0.941. The van der Waals surface area contributed by atoms with Crippen LogP contribution in [-0.4, -0.2) is 35.1 Å². The second kappa shape index (κ2) is 4.46. The van der Waals surface area contributed by atoms with Crippen molar-refractivity contribution >= 4 is 5.91 Å². The standard InChI is InChI=1S/C17H27NO2/c1-11-2-16(20)18(9-11)10-15(19)17-6-12-3-13(7-17)5-14(4-12)8-17/h11-15,19H,2-10H2,1H3. The average molecular weight is 277 g/mol. The molecule has 0 aromatic rings. The molecular formula is C17H27NO2. The van der Waals surface area contributed by atoms with Crippen LogP contribution in [0.2, 0.25) is 0 Å². The van der Waals surface area contributed by atoms with Gasteiger partial charge in [0.15, 0.2) is 0 Å². The number of rotatable bonds is 3. The SMILES string of the molecule is CC1CC(=O)N(CC(O)C23CC4CC(CC(C4)C2)C3)C1. The lowest BCUT2D eigenvalue weighted by atomic mass is 9.48. The Morgan fingerprint density at radius 2 is 1.75 bits per heavy atom. The molecule has 1 N–H and O–H groups in total. The zero-order chi connectivity index (χ0) is 13.9. The first-order valence-electron chi connectivity index (χ1n) is 8.50. The van der Waals surface area contributed by atoms with Crippen LogP contribution >= 0.6 is 0 Å². The molecule has 4 aliphatic carbocycles. The minimum Gasteiger partial charge on any atom is -0.391 e. The highest BCUT2D eigenvalue weighted by molar-refractivity contribution is 5.78. The predicted octanol–water partition coefficient (Wildman–Crippen LogP) is 2.43. The van der Waals surface area contributed by atoms with Gasteiger partial charge in [0.05, 0.1) is 6.10 Å². The van der Waals surface area contributed by atoms with E-state index in [0.29, 0.717) is 18.9 Å². The largest absolute Gasteiger partial charge is 0.391 e. The molecule has 0 spiro atoms. The molecule has 112 valence electrons. The molecule has 3 heteroatoms. The number of amides is 1. The average Bonchev–Trinajstić information content (AvgIpc) is 2.66. The fourth-order valence-corrected chi connectivity index (χ4v) is 6.13.